The van der Waals surface area contributed by atoms with Crippen LogP contribution in [0.2, 0.25) is 0 Å². The third-order valence-electron chi connectivity index (χ3n) is 3.58. The number of nitrogens with zero attached hydrogens (tertiary/aromatic N) is 3. The monoisotopic (exact) mass is 326 g/mol. The van der Waals surface area contributed by atoms with E-state index in [0.717, 1.165) is 17.8 Å². The summed E-state index contributed by atoms with van der Waals surface area (Å²) in [5, 5.41) is 13.2. The molecule has 2 heterocycles. The van der Waals surface area contributed by atoms with E-state index in [1.54, 1.807) is 16.0 Å². The molecule has 1 N–H and O–H groups in total. The summed E-state index contributed by atoms with van der Waals surface area (Å²) in [6.45, 7) is 3.85. The van der Waals surface area contributed by atoms with Crippen molar-refractivity contribution in [2.75, 3.05) is 0 Å². The van der Waals surface area contributed by atoms with Crippen molar-refractivity contribution in [3.05, 3.63) is 64.1 Å². The van der Waals surface area contributed by atoms with E-state index in [1.807, 2.05) is 55.6 Å². The highest BCUT2D eigenvalue weighted by atomic mass is 32.1. The highest BCUT2D eigenvalue weighted by Gasteiger charge is 2.19. The van der Waals surface area contributed by atoms with Crippen LogP contribution >= 0.6 is 11.3 Å². The number of benzene rings is 1. The van der Waals surface area contributed by atoms with Gasteiger partial charge in [-0.3, -0.25) is 4.79 Å². The maximum absolute atomic E-state index is 12.4. The molecule has 0 radical (unpaired) electrons. The maximum atomic E-state index is 12.4. The minimum atomic E-state index is -0.186. The summed E-state index contributed by atoms with van der Waals surface area (Å²) in [4.78, 5) is 13.7. The summed E-state index contributed by atoms with van der Waals surface area (Å²) in [5.74, 6) is -0.186. The number of carbonyl (C=O) groups excluding carboxylic acids is 1. The van der Waals surface area contributed by atoms with Crippen LogP contribution in [0, 0.1) is 6.92 Å². The lowest BCUT2D eigenvalue weighted by Crippen LogP contribution is -2.34. The molecule has 0 saturated carbocycles. The van der Waals surface area contributed by atoms with Crippen LogP contribution in [-0.4, -0.2) is 26.9 Å². The van der Waals surface area contributed by atoms with Crippen LogP contribution in [0.5, 0.6) is 0 Å². The Morgan fingerprint density at radius 2 is 2.04 bits per heavy atom. The normalized spacial score (nSPS) is 12.1. The van der Waals surface area contributed by atoms with Gasteiger partial charge in [0.1, 0.15) is 0 Å². The smallest absolute Gasteiger partial charge is 0.273 e. The minimum Gasteiger partial charge on any atom is -0.348 e. The van der Waals surface area contributed by atoms with E-state index in [-0.39, 0.29) is 11.9 Å². The molecule has 5 nitrogen and oxygen atoms in total. The van der Waals surface area contributed by atoms with Crippen molar-refractivity contribution in [2.45, 2.75) is 26.3 Å². The van der Waals surface area contributed by atoms with Gasteiger partial charge in [-0.2, -0.15) is 0 Å². The van der Waals surface area contributed by atoms with Gasteiger partial charge in [-0.1, -0.05) is 29.5 Å². The first-order chi connectivity index (χ1) is 11.1. The highest BCUT2D eigenvalue weighted by Crippen LogP contribution is 2.13. The number of thiophene rings is 1. The summed E-state index contributed by atoms with van der Waals surface area (Å²) in [6.07, 6.45) is 0.815. The van der Waals surface area contributed by atoms with E-state index in [4.69, 9.17) is 0 Å². The number of carbonyl (C=O) groups is 1. The second-order valence-electron chi connectivity index (χ2n) is 5.43. The second kappa shape index (κ2) is 6.75. The number of rotatable bonds is 5. The van der Waals surface area contributed by atoms with E-state index < -0.39 is 0 Å². The van der Waals surface area contributed by atoms with E-state index >= 15 is 0 Å². The van der Waals surface area contributed by atoms with Gasteiger partial charge in [-0.05, 0) is 37.4 Å². The van der Waals surface area contributed by atoms with E-state index in [1.165, 1.54) is 4.88 Å². The molecule has 0 saturated heterocycles. The molecule has 1 amide bonds. The molecular formula is C17H18N4OS. The Labute approximate surface area is 139 Å². The molecule has 3 rings (SSSR count). The van der Waals surface area contributed by atoms with Crippen LogP contribution in [0.3, 0.4) is 0 Å². The molecule has 1 atom stereocenters. The van der Waals surface area contributed by atoms with Crippen LogP contribution in [0.25, 0.3) is 5.69 Å². The van der Waals surface area contributed by atoms with Gasteiger partial charge in [-0.15, -0.1) is 16.4 Å². The summed E-state index contributed by atoms with van der Waals surface area (Å²) in [6, 6.07) is 13.8. The lowest BCUT2D eigenvalue weighted by atomic mass is 10.2. The SMILES string of the molecule is Cc1c(C(=O)NC(C)Cc2cccs2)nnn1-c1ccccc1. The number of nitrogens with one attached hydrogen (secondary N) is 1. The third-order valence-corrected chi connectivity index (χ3v) is 4.47. The fourth-order valence-electron chi connectivity index (χ4n) is 2.43. The van der Waals surface area contributed by atoms with Crippen LogP contribution in [0.15, 0.2) is 47.8 Å². The predicted octanol–water partition coefficient (Wildman–Crippen LogP) is 3.00. The quantitative estimate of drug-likeness (QED) is 0.784. The summed E-state index contributed by atoms with van der Waals surface area (Å²) in [7, 11) is 0. The molecule has 1 aromatic carbocycles. The molecule has 0 bridgehead atoms. The average molecular weight is 326 g/mol. The molecule has 6 heteroatoms. The van der Waals surface area contributed by atoms with Gasteiger partial charge in [0.25, 0.3) is 5.91 Å². The third kappa shape index (κ3) is 3.48. The van der Waals surface area contributed by atoms with Crippen LogP contribution in [0.1, 0.15) is 28.0 Å². The number of amides is 1. The number of hydrogen-bond acceptors (Lipinski definition) is 4. The van der Waals surface area contributed by atoms with Crippen molar-refractivity contribution in [3.8, 4) is 5.69 Å². The fourth-order valence-corrected chi connectivity index (χ4v) is 3.26. The zero-order valence-corrected chi connectivity index (χ0v) is 13.9. The number of aromatic nitrogens is 3. The zero-order chi connectivity index (χ0) is 16.2. The molecule has 2 aromatic heterocycles. The highest BCUT2D eigenvalue weighted by molar-refractivity contribution is 7.09. The van der Waals surface area contributed by atoms with Crippen molar-refractivity contribution in [3.63, 3.8) is 0 Å². The molecule has 0 fully saturated rings. The van der Waals surface area contributed by atoms with Gasteiger partial charge in [0.2, 0.25) is 0 Å². The van der Waals surface area contributed by atoms with Crippen LogP contribution in [-0.2, 0) is 6.42 Å². The van der Waals surface area contributed by atoms with Crippen LogP contribution in [0.4, 0.5) is 0 Å². The van der Waals surface area contributed by atoms with Gasteiger partial charge >= 0.3 is 0 Å². The van der Waals surface area contributed by atoms with Crippen molar-refractivity contribution in [1.29, 1.82) is 0 Å². The lowest BCUT2D eigenvalue weighted by molar-refractivity contribution is 0.0934. The molecule has 0 aliphatic rings. The molecule has 0 aliphatic carbocycles. The maximum Gasteiger partial charge on any atom is 0.273 e. The molecule has 1 unspecified atom stereocenters. The largest absolute Gasteiger partial charge is 0.348 e. The first kappa shape index (κ1) is 15.4. The van der Waals surface area contributed by atoms with Crippen molar-refractivity contribution >= 4 is 17.2 Å². The van der Waals surface area contributed by atoms with Gasteiger partial charge in [0.05, 0.1) is 11.4 Å². The molecule has 118 valence electrons. The molecule has 0 aliphatic heterocycles. The average Bonchev–Trinajstić information content (AvgIpc) is 3.17. The first-order valence-electron chi connectivity index (χ1n) is 7.46. The van der Waals surface area contributed by atoms with Gasteiger partial charge in [0, 0.05) is 17.3 Å². The Morgan fingerprint density at radius 3 is 2.74 bits per heavy atom. The molecular weight excluding hydrogens is 308 g/mol. The molecule has 0 spiro atoms. The van der Waals surface area contributed by atoms with Crippen molar-refractivity contribution in [1.82, 2.24) is 20.3 Å². The van der Waals surface area contributed by atoms with Gasteiger partial charge < -0.3 is 5.32 Å². The Bertz CT molecular complexity index is 780. The minimum absolute atomic E-state index is 0.0439. The lowest BCUT2D eigenvalue weighted by Gasteiger charge is -2.12. The fraction of sp³-hybridized carbons (Fsp3) is 0.235. The standard InChI is InChI=1S/C17H18N4OS/c1-12(11-15-9-6-10-23-15)18-17(22)16-13(2)21(20-19-16)14-7-4-3-5-8-14/h3-10,12H,11H2,1-2H3,(H,18,22). The Kier molecular flexibility index (Phi) is 4.52. The van der Waals surface area contributed by atoms with Crippen molar-refractivity contribution < 1.29 is 4.79 Å². The molecule has 23 heavy (non-hydrogen) atoms. The van der Waals surface area contributed by atoms with E-state index in [0.29, 0.717) is 5.69 Å². The first-order valence-corrected chi connectivity index (χ1v) is 8.34. The molecule has 3 aromatic rings. The van der Waals surface area contributed by atoms with Crippen molar-refractivity contribution in [2.24, 2.45) is 0 Å². The van der Waals surface area contributed by atoms with Gasteiger partial charge in [-0.25, -0.2) is 4.68 Å². The topological polar surface area (TPSA) is 59.8 Å². The van der Waals surface area contributed by atoms with E-state index in [9.17, 15) is 4.79 Å². The van der Waals surface area contributed by atoms with Crippen LogP contribution < -0.4 is 5.32 Å². The summed E-state index contributed by atoms with van der Waals surface area (Å²) in [5.41, 5.74) is 1.99. The Hall–Kier alpha value is -2.47. The summed E-state index contributed by atoms with van der Waals surface area (Å²) < 4.78 is 1.68. The Balaban J connectivity index is 1.72. The van der Waals surface area contributed by atoms with Gasteiger partial charge in [0.15, 0.2) is 5.69 Å². The Morgan fingerprint density at radius 1 is 1.26 bits per heavy atom. The second-order valence-corrected chi connectivity index (χ2v) is 6.46. The number of para-hydroxylation sites is 1. The number of hydrogen-bond donors (Lipinski definition) is 1. The zero-order valence-electron chi connectivity index (χ0n) is 13.1. The van der Waals surface area contributed by atoms with E-state index in [2.05, 4.69) is 21.7 Å². The summed E-state index contributed by atoms with van der Waals surface area (Å²) >= 11 is 1.70. The predicted molar refractivity (Wildman–Crippen MR) is 91.0 cm³/mol.